The summed E-state index contributed by atoms with van der Waals surface area (Å²) in [4.78, 5) is 49.4. The van der Waals surface area contributed by atoms with E-state index >= 15 is 0 Å². The van der Waals surface area contributed by atoms with Crippen molar-refractivity contribution < 1.29 is 29.0 Å². The largest absolute Gasteiger partial charge is 0.479 e. The molecule has 0 radical (unpaired) electrons. The minimum absolute atomic E-state index is 0.204. The number of carboxylic acid groups (broad SMARTS) is 1. The molecule has 0 bridgehead atoms. The van der Waals surface area contributed by atoms with Gasteiger partial charge in [0.15, 0.2) is 6.04 Å². The van der Waals surface area contributed by atoms with Gasteiger partial charge in [-0.3, -0.25) is 9.59 Å². The van der Waals surface area contributed by atoms with Crippen molar-refractivity contribution in [2.45, 2.75) is 84.4 Å². The maximum absolute atomic E-state index is 12.8. The number of ether oxygens (including phenoxy) is 1. The summed E-state index contributed by atoms with van der Waals surface area (Å²) < 4.78 is 5.29. The summed E-state index contributed by atoms with van der Waals surface area (Å²) in [5.41, 5.74) is -0.120. The van der Waals surface area contributed by atoms with E-state index in [9.17, 15) is 24.3 Å². The second-order valence-corrected chi connectivity index (χ2v) is 11.0. The molecule has 9 heteroatoms. The zero-order valence-corrected chi connectivity index (χ0v) is 22.0. The Morgan fingerprint density at radius 3 is 2.14 bits per heavy atom. The van der Waals surface area contributed by atoms with Crippen LogP contribution in [0.1, 0.15) is 78.3 Å². The highest BCUT2D eigenvalue weighted by Crippen LogP contribution is 2.29. The van der Waals surface area contributed by atoms with Crippen LogP contribution in [-0.2, 0) is 19.1 Å². The van der Waals surface area contributed by atoms with Crippen LogP contribution in [0.3, 0.4) is 0 Å². The van der Waals surface area contributed by atoms with Crippen LogP contribution in [-0.4, -0.2) is 47.2 Å². The quantitative estimate of drug-likeness (QED) is 0.384. The molecular weight excluding hydrogens is 462 g/mol. The Kier molecular flexibility index (Phi) is 10.7. The van der Waals surface area contributed by atoms with Crippen LogP contribution in [0.2, 0.25) is 0 Å². The van der Waals surface area contributed by atoms with Gasteiger partial charge >= 0.3 is 12.1 Å². The van der Waals surface area contributed by atoms with Gasteiger partial charge in [-0.05, 0) is 70.3 Å². The van der Waals surface area contributed by atoms with E-state index < -0.39 is 29.7 Å². The number of carboxylic acids is 1. The van der Waals surface area contributed by atoms with Gasteiger partial charge in [-0.25, -0.2) is 9.59 Å². The fourth-order valence-corrected chi connectivity index (χ4v) is 4.34. The Morgan fingerprint density at radius 2 is 1.61 bits per heavy atom. The van der Waals surface area contributed by atoms with Crippen LogP contribution in [0.25, 0.3) is 0 Å². The number of benzene rings is 1. The van der Waals surface area contributed by atoms with Gasteiger partial charge in [-0.2, -0.15) is 0 Å². The van der Waals surface area contributed by atoms with Crippen molar-refractivity contribution in [1.29, 1.82) is 0 Å². The van der Waals surface area contributed by atoms with Crippen molar-refractivity contribution in [3.8, 4) is 0 Å². The first-order valence-electron chi connectivity index (χ1n) is 12.7. The van der Waals surface area contributed by atoms with Crippen molar-refractivity contribution in [2.75, 3.05) is 6.54 Å². The first-order valence-corrected chi connectivity index (χ1v) is 12.7. The normalized spacial score (nSPS) is 19.6. The summed E-state index contributed by atoms with van der Waals surface area (Å²) >= 11 is 0. The molecule has 2 atom stereocenters. The SMILES string of the molecule is CC(C)CC(NC(=O)OC(C)(C)C)C(=O)NCC1CCC(C(=O)NC(C(=O)O)c2ccccc2)CC1. The van der Waals surface area contributed by atoms with E-state index in [0.717, 1.165) is 12.8 Å². The topological polar surface area (TPSA) is 134 Å². The zero-order valence-electron chi connectivity index (χ0n) is 22.0. The molecule has 1 saturated carbocycles. The first kappa shape index (κ1) is 29.1. The highest BCUT2D eigenvalue weighted by Gasteiger charge is 2.31. The van der Waals surface area contributed by atoms with Gasteiger partial charge < -0.3 is 25.8 Å². The molecule has 1 aliphatic rings. The number of amides is 3. The molecule has 2 unspecified atom stereocenters. The van der Waals surface area contributed by atoms with E-state index in [1.807, 2.05) is 13.8 Å². The molecule has 0 saturated heterocycles. The lowest BCUT2D eigenvalue weighted by Crippen LogP contribution is -2.49. The molecule has 1 aromatic rings. The second-order valence-electron chi connectivity index (χ2n) is 11.0. The Morgan fingerprint density at radius 1 is 1.00 bits per heavy atom. The Bertz CT molecular complexity index is 889. The van der Waals surface area contributed by atoms with Crippen molar-refractivity contribution >= 4 is 23.9 Å². The van der Waals surface area contributed by atoms with E-state index in [0.29, 0.717) is 31.4 Å². The number of hydrogen-bond acceptors (Lipinski definition) is 5. The van der Waals surface area contributed by atoms with Crippen LogP contribution >= 0.6 is 0 Å². The van der Waals surface area contributed by atoms with Crippen molar-refractivity contribution in [3.05, 3.63) is 35.9 Å². The third-order valence-electron chi connectivity index (χ3n) is 6.16. The van der Waals surface area contributed by atoms with E-state index in [4.69, 9.17) is 4.74 Å². The van der Waals surface area contributed by atoms with Gasteiger partial charge in [0, 0.05) is 12.5 Å². The van der Waals surface area contributed by atoms with E-state index in [1.54, 1.807) is 51.1 Å². The highest BCUT2D eigenvalue weighted by atomic mass is 16.6. The van der Waals surface area contributed by atoms with Gasteiger partial charge in [0.1, 0.15) is 11.6 Å². The van der Waals surface area contributed by atoms with Gasteiger partial charge in [-0.15, -0.1) is 0 Å². The summed E-state index contributed by atoms with van der Waals surface area (Å²) in [6.45, 7) is 9.73. The first-order chi connectivity index (χ1) is 16.9. The molecule has 4 N–H and O–H groups in total. The van der Waals surface area contributed by atoms with Gasteiger partial charge in [0.25, 0.3) is 0 Å². The van der Waals surface area contributed by atoms with Crippen molar-refractivity contribution in [3.63, 3.8) is 0 Å². The third-order valence-corrected chi connectivity index (χ3v) is 6.16. The number of rotatable bonds is 10. The van der Waals surface area contributed by atoms with E-state index in [-0.39, 0.29) is 29.6 Å². The number of carbonyl (C=O) groups excluding carboxylic acids is 3. The minimum atomic E-state index is -1.10. The number of carbonyl (C=O) groups is 4. The fraction of sp³-hybridized carbons (Fsp3) is 0.630. The summed E-state index contributed by atoms with van der Waals surface area (Å²) in [5.74, 6) is -1.44. The Labute approximate surface area is 213 Å². The molecule has 2 rings (SSSR count). The molecular formula is C27H41N3O6. The molecule has 9 nitrogen and oxygen atoms in total. The summed E-state index contributed by atoms with van der Waals surface area (Å²) in [7, 11) is 0. The van der Waals surface area contributed by atoms with Gasteiger partial charge in [0.05, 0.1) is 0 Å². The van der Waals surface area contributed by atoms with Crippen LogP contribution in [0.4, 0.5) is 4.79 Å². The predicted octanol–water partition coefficient (Wildman–Crippen LogP) is 3.79. The average molecular weight is 504 g/mol. The van der Waals surface area contributed by atoms with Crippen molar-refractivity contribution in [2.24, 2.45) is 17.8 Å². The van der Waals surface area contributed by atoms with Crippen molar-refractivity contribution in [1.82, 2.24) is 16.0 Å². The van der Waals surface area contributed by atoms with Gasteiger partial charge in [0.2, 0.25) is 11.8 Å². The molecule has 0 aliphatic heterocycles. The van der Waals surface area contributed by atoms with Crippen LogP contribution in [0.15, 0.2) is 30.3 Å². The number of alkyl carbamates (subject to hydrolysis) is 1. The molecule has 1 aromatic carbocycles. The summed E-state index contributed by atoms with van der Waals surface area (Å²) in [6.07, 6.45) is 2.61. The third kappa shape index (κ3) is 9.87. The number of aliphatic carboxylic acids is 1. The fourth-order valence-electron chi connectivity index (χ4n) is 4.34. The highest BCUT2D eigenvalue weighted by molar-refractivity contribution is 5.86. The van der Waals surface area contributed by atoms with E-state index in [1.165, 1.54) is 0 Å². The number of hydrogen-bond donors (Lipinski definition) is 4. The average Bonchev–Trinajstić information content (AvgIpc) is 2.79. The molecule has 3 amide bonds. The van der Waals surface area contributed by atoms with Crippen LogP contribution in [0, 0.1) is 17.8 Å². The lowest BCUT2D eigenvalue weighted by atomic mass is 9.81. The van der Waals surface area contributed by atoms with Crippen LogP contribution < -0.4 is 16.0 Å². The molecule has 0 spiro atoms. The molecule has 0 heterocycles. The lowest BCUT2D eigenvalue weighted by molar-refractivity contribution is -0.143. The summed E-state index contributed by atoms with van der Waals surface area (Å²) in [6, 6.07) is 6.88. The molecule has 1 aliphatic carbocycles. The molecule has 36 heavy (non-hydrogen) atoms. The lowest BCUT2D eigenvalue weighted by Gasteiger charge is -2.29. The zero-order chi connectivity index (χ0) is 26.9. The molecule has 1 fully saturated rings. The maximum Gasteiger partial charge on any atom is 0.408 e. The molecule has 200 valence electrons. The monoisotopic (exact) mass is 503 g/mol. The number of nitrogens with one attached hydrogen (secondary N) is 3. The second kappa shape index (κ2) is 13.3. The Balaban J connectivity index is 1.84. The smallest absolute Gasteiger partial charge is 0.408 e. The van der Waals surface area contributed by atoms with Crippen LogP contribution in [0.5, 0.6) is 0 Å². The predicted molar refractivity (Wildman–Crippen MR) is 136 cm³/mol. The van der Waals surface area contributed by atoms with E-state index in [2.05, 4.69) is 16.0 Å². The maximum atomic E-state index is 12.8. The molecule has 0 aromatic heterocycles. The Hall–Kier alpha value is -3.10. The minimum Gasteiger partial charge on any atom is -0.479 e. The summed E-state index contributed by atoms with van der Waals surface area (Å²) in [5, 5.41) is 17.9. The van der Waals surface area contributed by atoms with Gasteiger partial charge in [-0.1, -0.05) is 44.2 Å². The standard InChI is InChI=1S/C27H41N3O6/c1-17(2)15-21(29-26(35)36-27(3,4)5)24(32)28-16-18-11-13-20(14-12-18)23(31)30-22(25(33)34)19-9-7-6-8-10-19/h6-10,17-18,20-22H,11-16H2,1-5H3,(H,28,32)(H,29,35)(H,30,31)(H,33,34).